The number of hydrogen-bond donors (Lipinski definition) is 0. The van der Waals surface area contributed by atoms with E-state index >= 15 is 0 Å². The highest BCUT2D eigenvalue weighted by molar-refractivity contribution is 6.31. The fraction of sp³-hybridized carbons (Fsp3) is 0.188. The smallest absolute Gasteiger partial charge is 0.196 e. The van der Waals surface area contributed by atoms with Gasteiger partial charge in [0.05, 0.1) is 5.56 Å². The van der Waals surface area contributed by atoms with Crippen LogP contribution in [0.2, 0.25) is 5.02 Å². The summed E-state index contributed by atoms with van der Waals surface area (Å²) in [5, 5.41) is 0.353. The fourth-order valence-electron chi connectivity index (χ4n) is 2.02. The van der Waals surface area contributed by atoms with Crippen molar-refractivity contribution in [1.29, 1.82) is 0 Å². The number of aryl methyl sites for hydroxylation is 3. The Kier molecular flexibility index (Phi) is 3.72. The number of benzene rings is 2. The van der Waals surface area contributed by atoms with E-state index in [0.29, 0.717) is 10.6 Å². The largest absolute Gasteiger partial charge is 0.288 e. The van der Waals surface area contributed by atoms with Crippen LogP contribution in [-0.2, 0) is 0 Å². The van der Waals surface area contributed by atoms with Crippen molar-refractivity contribution in [1.82, 2.24) is 0 Å². The lowest BCUT2D eigenvalue weighted by molar-refractivity contribution is 0.103. The molecule has 0 aliphatic heterocycles. The highest BCUT2D eigenvalue weighted by atomic mass is 35.5. The number of carbonyl (C=O) groups excluding carboxylic acids is 1. The molecule has 0 fully saturated rings. The van der Waals surface area contributed by atoms with Gasteiger partial charge in [0.2, 0.25) is 0 Å². The molecule has 0 unspecified atom stereocenters. The van der Waals surface area contributed by atoms with Gasteiger partial charge in [-0.2, -0.15) is 0 Å². The minimum absolute atomic E-state index is 0.0128. The maximum atomic E-state index is 13.7. The van der Waals surface area contributed by atoms with E-state index in [4.69, 9.17) is 11.6 Å². The molecule has 19 heavy (non-hydrogen) atoms. The van der Waals surface area contributed by atoms with Crippen LogP contribution in [0, 0.1) is 26.6 Å². The molecular formula is C16H14ClFO. The zero-order valence-corrected chi connectivity index (χ0v) is 11.8. The van der Waals surface area contributed by atoms with Gasteiger partial charge in [-0.25, -0.2) is 4.39 Å². The summed E-state index contributed by atoms with van der Waals surface area (Å²) in [6.45, 7) is 5.76. The van der Waals surface area contributed by atoms with Crippen molar-refractivity contribution in [2.45, 2.75) is 20.8 Å². The van der Waals surface area contributed by atoms with Gasteiger partial charge < -0.3 is 0 Å². The Labute approximate surface area is 117 Å². The maximum Gasteiger partial charge on any atom is 0.196 e. The maximum absolute atomic E-state index is 13.7. The van der Waals surface area contributed by atoms with Gasteiger partial charge in [-0.05, 0) is 61.7 Å². The Hall–Kier alpha value is -1.67. The van der Waals surface area contributed by atoms with Crippen LogP contribution in [0.25, 0.3) is 0 Å². The lowest BCUT2D eigenvalue weighted by atomic mass is 9.94. The van der Waals surface area contributed by atoms with Gasteiger partial charge in [0.1, 0.15) is 5.82 Å². The average Bonchev–Trinajstić information content (AvgIpc) is 2.36. The first-order chi connectivity index (χ1) is 8.90. The van der Waals surface area contributed by atoms with Crippen LogP contribution in [0.5, 0.6) is 0 Å². The van der Waals surface area contributed by atoms with Crippen LogP contribution in [-0.4, -0.2) is 5.78 Å². The summed E-state index contributed by atoms with van der Waals surface area (Å²) in [4.78, 5) is 12.4. The zero-order chi connectivity index (χ0) is 14.2. The normalized spacial score (nSPS) is 10.6. The van der Waals surface area contributed by atoms with Crippen molar-refractivity contribution >= 4 is 17.4 Å². The molecule has 0 aromatic heterocycles. The lowest BCUT2D eigenvalue weighted by Gasteiger charge is -2.10. The van der Waals surface area contributed by atoms with Crippen molar-refractivity contribution in [3.8, 4) is 0 Å². The molecule has 2 rings (SSSR count). The van der Waals surface area contributed by atoms with Crippen molar-refractivity contribution < 1.29 is 9.18 Å². The Morgan fingerprint density at radius 3 is 2.26 bits per heavy atom. The molecule has 0 spiro atoms. The average molecular weight is 277 g/mol. The molecule has 0 saturated heterocycles. The third-order valence-electron chi connectivity index (χ3n) is 3.26. The first-order valence-electron chi connectivity index (χ1n) is 5.97. The van der Waals surface area contributed by atoms with E-state index in [-0.39, 0.29) is 11.3 Å². The minimum atomic E-state index is -0.549. The Morgan fingerprint density at radius 2 is 1.58 bits per heavy atom. The molecule has 0 bridgehead atoms. The first kappa shape index (κ1) is 13.8. The SMILES string of the molecule is Cc1cc(C)c(C(=O)c2cc(Cl)ccc2F)cc1C. The zero-order valence-electron chi connectivity index (χ0n) is 11.1. The van der Waals surface area contributed by atoms with E-state index in [2.05, 4.69) is 0 Å². The van der Waals surface area contributed by atoms with E-state index < -0.39 is 5.82 Å². The topological polar surface area (TPSA) is 17.1 Å². The minimum Gasteiger partial charge on any atom is -0.288 e. The molecule has 1 nitrogen and oxygen atoms in total. The van der Waals surface area contributed by atoms with Gasteiger partial charge in [-0.1, -0.05) is 17.7 Å². The van der Waals surface area contributed by atoms with Gasteiger partial charge in [0.25, 0.3) is 0 Å². The molecule has 98 valence electrons. The monoisotopic (exact) mass is 276 g/mol. The van der Waals surface area contributed by atoms with E-state index in [0.717, 1.165) is 16.7 Å². The summed E-state index contributed by atoms with van der Waals surface area (Å²) in [5.74, 6) is -0.882. The predicted octanol–water partition coefficient (Wildman–Crippen LogP) is 4.64. The van der Waals surface area contributed by atoms with E-state index in [1.54, 1.807) is 6.07 Å². The predicted molar refractivity (Wildman–Crippen MR) is 75.5 cm³/mol. The molecule has 3 heteroatoms. The summed E-state index contributed by atoms with van der Waals surface area (Å²) in [6, 6.07) is 7.75. The van der Waals surface area contributed by atoms with Gasteiger partial charge in [0.15, 0.2) is 5.78 Å². The van der Waals surface area contributed by atoms with Crippen LogP contribution < -0.4 is 0 Å². The molecule has 0 aliphatic carbocycles. The molecular weight excluding hydrogens is 263 g/mol. The summed E-state index contributed by atoms with van der Waals surface area (Å²) < 4.78 is 13.7. The molecule has 0 atom stereocenters. The lowest BCUT2D eigenvalue weighted by Crippen LogP contribution is -2.07. The quantitative estimate of drug-likeness (QED) is 0.731. The Bertz CT molecular complexity index is 662. The van der Waals surface area contributed by atoms with Crippen molar-refractivity contribution in [2.75, 3.05) is 0 Å². The summed E-state index contributed by atoms with van der Waals surface area (Å²) in [7, 11) is 0. The standard InChI is InChI=1S/C16H14ClFO/c1-9-6-11(3)13(7-10(9)2)16(19)14-8-12(17)4-5-15(14)18/h4-8H,1-3H3. The third-order valence-corrected chi connectivity index (χ3v) is 3.49. The molecule has 0 N–H and O–H groups in total. The second kappa shape index (κ2) is 5.14. The number of rotatable bonds is 2. The molecule has 2 aromatic carbocycles. The van der Waals surface area contributed by atoms with Gasteiger partial charge in [-0.3, -0.25) is 4.79 Å². The summed E-state index contributed by atoms with van der Waals surface area (Å²) in [5.41, 5.74) is 3.49. The number of halogens is 2. The third kappa shape index (κ3) is 2.69. The van der Waals surface area contributed by atoms with Crippen molar-refractivity contribution in [3.05, 3.63) is 69.0 Å². The number of hydrogen-bond acceptors (Lipinski definition) is 1. The molecule has 2 aromatic rings. The second-order valence-corrected chi connectivity index (χ2v) is 5.14. The Balaban J connectivity index is 2.56. The van der Waals surface area contributed by atoms with Crippen LogP contribution in [0.1, 0.15) is 32.6 Å². The molecule has 0 radical (unpaired) electrons. The highest BCUT2D eigenvalue weighted by Crippen LogP contribution is 2.22. The van der Waals surface area contributed by atoms with E-state index in [1.807, 2.05) is 26.8 Å². The van der Waals surface area contributed by atoms with E-state index in [9.17, 15) is 9.18 Å². The van der Waals surface area contributed by atoms with Gasteiger partial charge in [-0.15, -0.1) is 0 Å². The van der Waals surface area contributed by atoms with Crippen LogP contribution >= 0.6 is 11.6 Å². The van der Waals surface area contributed by atoms with Gasteiger partial charge in [0, 0.05) is 10.6 Å². The highest BCUT2D eigenvalue weighted by Gasteiger charge is 2.17. The van der Waals surface area contributed by atoms with E-state index in [1.165, 1.54) is 18.2 Å². The number of ketones is 1. The fourth-order valence-corrected chi connectivity index (χ4v) is 2.19. The second-order valence-electron chi connectivity index (χ2n) is 4.70. The van der Waals surface area contributed by atoms with Crippen LogP contribution in [0.15, 0.2) is 30.3 Å². The first-order valence-corrected chi connectivity index (χ1v) is 6.35. The molecule has 0 amide bonds. The Morgan fingerprint density at radius 1 is 0.947 bits per heavy atom. The number of carbonyl (C=O) groups is 1. The van der Waals surface area contributed by atoms with Crippen molar-refractivity contribution in [2.24, 2.45) is 0 Å². The molecule has 0 heterocycles. The summed E-state index contributed by atoms with van der Waals surface area (Å²) in [6.07, 6.45) is 0. The van der Waals surface area contributed by atoms with Crippen LogP contribution in [0.4, 0.5) is 4.39 Å². The van der Waals surface area contributed by atoms with Crippen molar-refractivity contribution in [3.63, 3.8) is 0 Å². The molecule has 0 saturated carbocycles. The van der Waals surface area contributed by atoms with Gasteiger partial charge >= 0.3 is 0 Å². The summed E-state index contributed by atoms with van der Waals surface area (Å²) >= 11 is 5.83. The van der Waals surface area contributed by atoms with Crippen LogP contribution in [0.3, 0.4) is 0 Å². The molecule has 0 aliphatic rings.